The van der Waals surface area contributed by atoms with E-state index in [1.807, 2.05) is 10.3 Å². The Morgan fingerprint density at radius 1 is 1.52 bits per heavy atom. The number of thiazole rings is 1. The summed E-state index contributed by atoms with van der Waals surface area (Å²) in [6.07, 6.45) is 3.25. The highest BCUT2D eigenvalue weighted by atomic mass is 35.5. The van der Waals surface area contributed by atoms with E-state index < -0.39 is 16.9 Å². The Morgan fingerprint density at radius 3 is 3.00 bits per heavy atom. The monoisotopic (exact) mass is 353 g/mol. The van der Waals surface area contributed by atoms with Gasteiger partial charge in [0.15, 0.2) is 5.13 Å². The van der Waals surface area contributed by atoms with Crippen LogP contribution in [-0.2, 0) is 4.79 Å². The number of nitro benzene ring substituents is 1. The van der Waals surface area contributed by atoms with Crippen LogP contribution >= 0.6 is 22.9 Å². The van der Waals surface area contributed by atoms with E-state index in [1.165, 1.54) is 29.5 Å². The average Bonchev–Trinajstić information content (AvgIpc) is 3.18. The average molecular weight is 354 g/mol. The number of halogens is 1. The Hall–Kier alpha value is -2.19. The number of benzene rings is 1. The third-order valence-corrected chi connectivity index (χ3v) is 4.64. The Bertz CT molecular complexity index is 738. The molecular formula is C14H12ClN3O4S. The summed E-state index contributed by atoms with van der Waals surface area (Å²) >= 11 is 7.29. The molecule has 120 valence electrons. The van der Waals surface area contributed by atoms with Crippen LogP contribution in [0.2, 0.25) is 5.02 Å². The molecule has 0 N–H and O–H groups in total. The fourth-order valence-corrected chi connectivity index (χ4v) is 3.44. The highest BCUT2D eigenvalue weighted by Crippen LogP contribution is 2.31. The molecule has 23 heavy (non-hydrogen) atoms. The third kappa shape index (κ3) is 3.27. The standard InChI is InChI=1S/C14H12ClN3O4S/c15-10-8-9(3-4-11(10)18(20)21)22-13(19)12-2-1-6-17(12)14-16-5-7-23-14/h3-5,7-8,12H,1-2,6H2. The second kappa shape index (κ2) is 6.51. The Balaban J connectivity index is 1.74. The molecule has 0 amide bonds. The molecule has 0 saturated carbocycles. The number of hydrogen-bond donors (Lipinski definition) is 0. The third-order valence-electron chi connectivity index (χ3n) is 3.52. The van der Waals surface area contributed by atoms with Gasteiger partial charge in [-0.1, -0.05) is 11.6 Å². The Morgan fingerprint density at radius 2 is 2.35 bits per heavy atom. The van der Waals surface area contributed by atoms with Crippen LogP contribution in [0.15, 0.2) is 29.8 Å². The molecule has 1 unspecified atom stereocenters. The first-order chi connectivity index (χ1) is 11.1. The molecule has 0 bridgehead atoms. The van der Waals surface area contributed by atoms with Crippen LogP contribution in [0.3, 0.4) is 0 Å². The van der Waals surface area contributed by atoms with Gasteiger partial charge in [0.05, 0.1) is 4.92 Å². The molecule has 2 heterocycles. The van der Waals surface area contributed by atoms with Crippen molar-refractivity contribution < 1.29 is 14.5 Å². The first kappa shape index (κ1) is 15.7. The summed E-state index contributed by atoms with van der Waals surface area (Å²) in [6, 6.07) is 3.46. The maximum Gasteiger partial charge on any atom is 0.334 e. The molecule has 1 aliphatic heterocycles. The van der Waals surface area contributed by atoms with Crippen molar-refractivity contribution in [2.75, 3.05) is 11.4 Å². The maximum absolute atomic E-state index is 12.4. The zero-order valence-corrected chi connectivity index (χ0v) is 13.4. The van der Waals surface area contributed by atoms with Crippen LogP contribution in [0.25, 0.3) is 0 Å². The number of nitro groups is 1. The van der Waals surface area contributed by atoms with Crippen LogP contribution in [0.4, 0.5) is 10.8 Å². The lowest BCUT2D eigenvalue weighted by atomic mass is 10.2. The summed E-state index contributed by atoms with van der Waals surface area (Å²) < 4.78 is 5.33. The summed E-state index contributed by atoms with van der Waals surface area (Å²) in [5.41, 5.74) is -0.225. The van der Waals surface area contributed by atoms with Gasteiger partial charge < -0.3 is 9.64 Å². The second-order valence-corrected chi connectivity index (χ2v) is 6.24. The van der Waals surface area contributed by atoms with Gasteiger partial charge in [-0.05, 0) is 18.9 Å². The lowest BCUT2D eigenvalue weighted by Gasteiger charge is -2.22. The van der Waals surface area contributed by atoms with Crippen molar-refractivity contribution in [3.63, 3.8) is 0 Å². The van der Waals surface area contributed by atoms with E-state index in [-0.39, 0.29) is 16.5 Å². The normalized spacial score (nSPS) is 17.3. The summed E-state index contributed by atoms with van der Waals surface area (Å²) in [5, 5.41) is 13.3. The number of rotatable bonds is 4. The van der Waals surface area contributed by atoms with E-state index in [2.05, 4.69) is 4.98 Å². The number of ether oxygens (including phenoxy) is 1. The van der Waals surface area contributed by atoms with Crippen molar-refractivity contribution in [2.24, 2.45) is 0 Å². The van der Waals surface area contributed by atoms with Gasteiger partial charge >= 0.3 is 5.97 Å². The predicted molar refractivity (Wildman–Crippen MR) is 86.2 cm³/mol. The van der Waals surface area contributed by atoms with Crippen molar-refractivity contribution in [1.29, 1.82) is 0 Å². The fraction of sp³-hybridized carbons (Fsp3) is 0.286. The molecule has 0 aliphatic carbocycles. The molecular weight excluding hydrogens is 342 g/mol. The molecule has 1 atom stereocenters. The number of nitrogens with zero attached hydrogens (tertiary/aromatic N) is 3. The van der Waals surface area contributed by atoms with Gasteiger partial charge in [0, 0.05) is 30.3 Å². The number of hydrogen-bond acceptors (Lipinski definition) is 7. The summed E-state index contributed by atoms with van der Waals surface area (Å²) in [4.78, 5) is 28.7. The zero-order valence-electron chi connectivity index (χ0n) is 11.8. The van der Waals surface area contributed by atoms with Crippen molar-refractivity contribution >= 4 is 39.7 Å². The molecule has 0 radical (unpaired) electrons. The van der Waals surface area contributed by atoms with E-state index in [4.69, 9.17) is 16.3 Å². The summed E-state index contributed by atoms with van der Waals surface area (Å²) in [5.74, 6) is -0.223. The molecule has 1 aliphatic rings. The SMILES string of the molecule is O=C(Oc1ccc([N+](=O)[O-])c(Cl)c1)C1CCCN1c1nccs1. The lowest BCUT2D eigenvalue weighted by Crippen LogP contribution is -2.38. The topological polar surface area (TPSA) is 85.6 Å². The van der Waals surface area contributed by atoms with E-state index in [0.29, 0.717) is 6.42 Å². The van der Waals surface area contributed by atoms with E-state index in [9.17, 15) is 14.9 Å². The van der Waals surface area contributed by atoms with Gasteiger partial charge in [0.1, 0.15) is 16.8 Å². The Kier molecular flexibility index (Phi) is 4.44. The molecule has 1 saturated heterocycles. The van der Waals surface area contributed by atoms with Crippen molar-refractivity contribution in [1.82, 2.24) is 4.98 Å². The van der Waals surface area contributed by atoms with Crippen molar-refractivity contribution in [3.05, 3.63) is 44.9 Å². The van der Waals surface area contributed by atoms with Gasteiger partial charge in [-0.25, -0.2) is 9.78 Å². The second-order valence-electron chi connectivity index (χ2n) is 4.96. The first-order valence-electron chi connectivity index (χ1n) is 6.88. The number of esters is 1. The minimum Gasteiger partial charge on any atom is -0.425 e. The lowest BCUT2D eigenvalue weighted by molar-refractivity contribution is -0.384. The number of carbonyl (C=O) groups is 1. The molecule has 1 aromatic heterocycles. The van der Waals surface area contributed by atoms with Crippen LogP contribution in [0.5, 0.6) is 5.75 Å². The molecule has 7 nitrogen and oxygen atoms in total. The van der Waals surface area contributed by atoms with Gasteiger partial charge in [0.2, 0.25) is 0 Å². The first-order valence-corrected chi connectivity index (χ1v) is 8.14. The largest absolute Gasteiger partial charge is 0.425 e. The predicted octanol–water partition coefficient (Wildman–Crippen LogP) is 3.28. The summed E-state index contributed by atoms with van der Waals surface area (Å²) in [7, 11) is 0. The van der Waals surface area contributed by atoms with Gasteiger partial charge in [-0.3, -0.25) is 10.1 Å². The van der Waals surface area contributed by atoms with Crippen molar-refractivity contribution in [3.8, 4) is 5.75 Å². The summed E-state index contributed by atoms with van der Waals surface area (Å²) in [6.45, 7) is 0.744. The zero-order chi connectivity index (χ0) is 16.4. The molecule has 3 rings (SSSR count). The minimum absolute atomic E-state index is 0.0662. The number of anilines is 1. The number of aromatic nitrogens is 1. The molecule has 2 aromatic rings. The Labute approximate surface area is 140 Å². The highest BCUT2D eigenvalue weighted by molar-refractivity contribution is 7.13. The fourth-order valence-electron chi connectivity index (χ4n) is 2.48. The van der Waals surface area contributed by atoms with Crippen LogP contribution in [-0.4, -0.2) is 28.5 Å². The maximum atomic E-state index is 12.4. The van der Waals surface area contributed by atoms with Gasteiger partial charge in [0.25, 0.3) is 5.69 Å². The quantitative estimate of drug-likeness (QED) is 0.363. The van der Waals surface area contributed by atoms with Crippen LogP contribution in [0, 0.1) is 10.1 Å². The molecule has 1 aromatic carbocycles. The molecule has 0 spiro atoms. The van der Waals surface area contributed by atoms with Gasteiger partial charge in [-0.15, -0.1) is 11.3 Å². The van der Waals surface area contributed by atoms with E-state index >= 15 is 0 Å². The number of carbonyl (C=O) groups excluding carboxylic acids is 1. The molecule has 1 fully saturated rings. The van der Waals surface area contributed by atoms with E-state index in [1.54, 1.807) is 6.20 Å². The van der Waals surface area contributed by atoms with E-state index in [0.717, 1.165) is 18.1 Å². The van der Waals surface area contributed by atoms with Crippen molar-refractivity contribution in [2.45, 2.75) is 18.9 Å². The highest BCUT2D eigenvalue weighted by Gasteiger charge is 2.34. The molecule has 9 heteroatoms. The van der Waals surface area contributed by atoms with Crippen LogP contribution < -0.4 is 9.64 Å². The minimum atomic E-state index is -0.588. The van der Waals surface area contributed by atoms with Gasteiger partial charge in [-0.2, -0.15) is 0 Å². The smallest absolute Gasteiger partial charge is 0.334 e. The van der Waals surface area contributed by atoms with Crippen LogP contribution in [0.1, 0.15) is 12.8 Å².